The van der Waals surface area contributed by atoms with Gasteiger partial charge in [-0.15, -0.1) is 11.6 Å². The molecule has 0 spiro atoms. The van der Waals surface area contributed by atoms with Gasteiger partial charge in [0.05, 0.1) is 12.9 Å². The minimum Gasteiger partial charge on any atom is -0.458 e. The van der Waals surface area contributed by atoms with Gasteiger partial charge in [-0.3, -0.25) is 0 Å². The van der Waals surface area contributed by atoms with Crippen LogP contribution < -0.4 is 0 Å². The lowest BCUT2D eigenvalue weighted by atomic mass is 10.2. The van der Waals surface area contributed by atoms with Crippen molar-refractivity contribution < 1.29 is 22.6 Å². The van der Waals surface area contributed by atoms with Gasteiger partial charge < -0.3 is 9.47 Å². The highest BCUT2D eigenvalue weighted by Crippen LogP contribution is 2.39. The summed E-state index contributed by atoms with van der Waals surface area (Å²) in [5.41, 5.74) is 0. The molecule has 0 aromatic rings. The molecule has 2 unspecified atom stereocenters. The summed E-state index contributed by atoms with van der Waals surface area (Å²) in [4.78, 5) is 0. The summed E-state index contributed by atoms with van der Waals surface area (Å²) in [5.74, 6) is -3.41. The van der Waals surface area contributed by atoms with E-state index in [2.05, 4.69) is 16.1 Å². The van der Waals surface area contributed by atoms with Crippen LogP contribution in [0.3, 0.4) is 0 Å². The molecule has 0 amide bonds. The van der Waals surface area contributed by atoms with E-state index in [4.69, 9.17) is 11.6 Å². The molecule has 0 saturated heterocycles. The summed E-state index contributed by atoms with van der Waals surface area (Å²) in [6.45, 7) is 4.98. The van der Waals surface area contributed by atoms with Crippen molar-refractivity contribution >= 4 is 11.6 Å². The first-order valence-corrected chi connectivity index (χ1v) is 4.39. The standard InChI is InChI=1S/C8H12ClF3O2/c1-4-13-7(10,6(3)9)8(11,12)14-5-2/h4,6H,1,5H2,2-3H3. The van der Waals surface area contributed by atoms with Gasteiger partial charge in [0.25, 0.3) is 0 Å². The van der Waals surface area contributed by atoms with Gasteiger partial charge in [0, 0.05) is 0 Å². The van der Waals surface area contributed by atoms with E-state index in [1.807, 2.05) is 0 Å². The maximum atomic E-state index is 13.6. The Bertz CT molecular complexity index is 199. The van der Waals surface area contributed by atoms with Crippen LogP contribution in [0.15, 0.2) is 12.8 Å². The van der Waals surface area contributed by atoms with E-state index in [0.29, 0.717) is 6.26 Å². The Morgan fingerprint density at radius 1 is 1.50 bits per heavy atom. The SMILES string of the molecule is C=COC(F)(C(C)Cl)C(F)(F)OCC. The lowest BCUT2D eigenvalue weighted by molar-refractivity contribution is -0.369. The molecule has 2 nitrogen and oxygen atoms in total. The zero-order valence-electron chi connectivity index (χ0n) is 7.90. The highest BCUT2D eigenvalue weighted by atomic mass is 35.5. The first-order chi connectivity index (χ1) is 6.31. The smallest absolute Gasteiger partial charge is 0.427 e. The molecule has 0 aromatic carbocycles. The average molecular weight is 233 g/mol. The quantitative estimate of drug-likeness (QED) is 0.518. The maximum absolute atomic E-state index is 13.6. The number of ether oxygens (including phenoxy) is 2. The van der Waals surface area contributed by atoms with Crippen LogP contribution in [0.25, 0.3) is 0 Å². The summed E-state index contributed by atoms with van der Waals surface area (Å²) in [7, 11) is 0. The molecule has 0 bridgehead atoms. The molecule has 0 saturated carbocycles. The molecule has 14 heavy (non-hydrogen) atoms. The molecule has 84 valence electrons. The largest absolute Gasteiger partial charge is 0.458 e. The van der Waals surface area contributed by atoms with Crippen molar-refractivity contribution in [2.24, 2.45) is 0 Å². The van der Waals surface area contributed by atoms with Gasteiger partial charge in [-0.1, -0.05) is 6.58 Å². The van der Waals surface area contributed by atoms with Crippen LogP contribution >= 0.6 is 11.6 Å². The zero-order chi connectivity index (χ0) is 11.4. The summed E-state index contributed by atoms with van der Waals surface area (Å²) in [5, 5.41) is -1.58. The molecule has 6 heteroatoms. The fraction of sp³-hybridized carbons (Fsp3) is 0.750. The van der Waals surface area contributed by atoms with E-state index in [9.17, 15) is 13.2 Å². The second-order valence-corrected chi connectivity index (χ2v) is 3.15. The Kier molecular flexibility index (Phi) is 4.74. The molecule has 0 fully saturated rings. The zero-order valence-corrected chi connectivity index (χ0v) is 8.65. The Balaban J connectivity index is 4.87. The van der Waals surface area contributed by atoms with Gasteiger partial charge in [-0.25, -0.2) is 0 Å². The maximum Gasteiger partial charge on any atom is 0.427 e. The summed E-state index contributed by atoms with van der Waals surface area (Å²) in [6.07, 6.45) is -3.55. The number of alkyl halides is 4. The van der Waals surface area contributed by atoms with Crippen molar-refractivity contribution in [1.82, 2.24) is 0 Å². The third-order valence-corrected chi connectivity index (χ3v) is 1.77. The molecule has 0 rings (SSSR count). The van der Waals surface area contributed by atoms with Crippen LogP contribution in [0.2, 0.25) is 0 Å². The minimum absolute atomic E-state index is 0.358. The second kappa shape index (κ2) is 4.89. The molecule has 0 aliphatic rings. The monoisotopic (exact) mass is 232 g/mol. The fourth-order valence-electron chi connectivity index (χ4n) is 0.795. The normalized spacial score (nSPS) is 18.4. The summed E-state index contributed by atoms with van der Waals surface area (Å²) < 4.78 is 47.7. The third-order valence-electron chi connectivity index (χ3n) is 1.49. The topological polar surface area (TPSA) is 18.5 Å². The van der Waals surface area contributed by atoms with Crippen LogP contribution in [-0.4, -0.2) is 23.9 Å². The van der Waals surface area contributed by atoms with Crippen molar-refractivity contribution in [1.29, 1.82) is 0 Å². The molecule has 0 radical (unpaired) electrons. The molecule has 0 aliphatic heterocycles. The highest BCUT2D eigenvalue weighted by Gasteiger charge is 2.61. The van der Waals surface area contributed by atoms with Gasteiger partial charge in [-0.05, 0) is 13.8 Å². The lowest BCUT2D eigenvalue weighted by Crippen LogP contribution is -2.53. The predicted octanol–water partition coefficient (Wildman–Crippen LogP) is 3.07. The average Bonchev–Trinajstić information content (AvgIpc) is 2.03. The third kappa shape index (κ3) is 2.54. The number of hydrogen-bond acceptors (Lipinski definition) is 2. The minimum atomic E-state index is -4.11. The highest BCUT2D eigenvalue weighted by molar-refractivity contribution is 6.21. The van der Waals surface area contributed by atoms with E-state index in [1.54, 1.807) is 0 Å². The lowest BCUT2D eigenvalue weighted by Gasteiger charge is -2.33. The van der Waals surface area contributed by atoms with Gasteiger partial charge in [0.2, 0.25) is 0 Å². The molecule has 0 aliphatic carbocycles. The molecular formula is C8H12ClF3O2. The van der Waals surface area contributed by atoms with Crippen LogP contribution in [-0.2, 0) is 9.47 Å². The first-order valence-electron chi connectivity index (χ1n) is 3.95. The Morgan fingerprint density at radius 2 is 2.00 bits per heavy atom. The van der Waals surface area contributed by atoms with Crippen molar-refractivity contribution in [2.45, 2.75) is 31.2 Å². The van der Waals surface area contributed by atoms with Gasteiger partial charge in [-0.2, -0.15) is 13.2 Å². The van der Waals surface area contributed by atoms with Crippen LogP contribution in [0.5, 0.6) is 0 Å². The van der Waals surface area contributed by atoms with E-state index in [1.165, 1.54) is 6.92 Å². The summed E-state index contributed by atoms with van der Waals surface area (Å²) in [6, 6.07) is 0. The van der Waals surface area contributed by atoms with Crippen molar-refractivity contribution in [3.05, 3.63) is 12.8 Å². The molecular weight excluding hydrogens is 221 g/mol. The van der Waals surface area contributed by atoms with Crippen LogP contribution in [0.1, 0.15) is 13.8 Å². The second-order valence-electron chi connectivity index (χ2n) is 2.50. The van der Waals surface area contributed by atoms with Gasteiger partial charge in [0.15, 0.2) is 0 Å². The van der Waals surface area contributed by atoms with Crippen molar-refractivity contribution in [3.63, 3.8) is 0 Å². The number of halogens is 4. The Hall–Kier alpha value is -0.420. The molecule has 0 heterocycles. The number of hydrogen-bond donors (Lipinski definition) is 0. The fourth-order valence-corrected chi connectivity index (χ4v) is 0.973. The van der Waals surface area contributed by atoms with Gasteiger partial charge >= 0.3 is 12.0 Å². The van der Waals surface area contributed by atoms with Crippen LogP contribution in [0, 0.1) is 0 Å². The summed E-state index contributed by atoms with van der Waals surface area (Å²) >= 11 is 5.28. The first kappa shape index (κ1) is 13.6. The number of rotatable bonds is 6. The van der Waals surface area contributed by atoms with Crippen molar-refractivity contribution in [2.75, 3.05) is 6.61 Å². The van der Waals surface area contributed by atoms with Crippen LogP contribution in [0.4, 0.5) is 13.2 Å². The van der Waals surface area contributed by atoms with E-state index in [0.717, 1.165) is 6.92 Å². The van der Waals surface area contributed by atoms with E-state index < -0.39 is 17.3 Å². The molecule has 0 N–H and O–H groups in total. The van der Waals surface area contributed by atoms with E-state index in [-0.39, 0.29) is 6.61 Å². The molecule has 0 aromatic heterocycles. The van der Waals surface area contributed by atoms with E-state index >= 15 is 0 Å². The van der Waals surface area contributed by atoms with Gasteiger partial charge in [0.1, 0.15) is 5.38 Å². The Morgan fingerprint density at radius 3 is 2.29 bits per heavy atom. The predicted molar refractivity (Wildman–Crippen MR) is 47.0 cm³/mol. The molecule has 2 atom stereocenters. The Labute approximate surface area is 85.6 Å². The van der Waals surface area contributed by atoms with Crippen molar-refractivity contribution in [3.8, 4) is 0 Å².